The Bertz CT molecular complexity index is 386. The molecular weight excluding hydrogens is 249 g/mol. The largest absolute Gasteiger partial charge is 0.312 e. The third-order valence-corrected chi connectivity index (χ3v) is 4.21. The van der Waals surface area contributed by atoms with Gasteiger partial charge in [-0.1, -0.05) is 43.5 Å². The summed E-state index contributed by atoms with van der Waals surface area (Å²) in [6, 6.07) is 5.17. The van der Waals surface area contributed by atoms with Crippen molar-refractivity contribution in [3.05, 3.63) is 34.6 Å². The second-order valence-corrected chi connectivity index (χ2v) is 5.88. The Morgan fingerprint density at radius 3 is 2.72 bits per heavy atom. The number of rotatable bonds is 4. The van der Waals surface area contributed by atoms with Gasteiger partial charge < -0.3 is 5.32 Å². The van der Waals surface area contributed by atoms with Crippen LogP contribution in [0.15, 0.2) is 18.2 Å². The topological polar surface area (TPSA) is 12.0 Å². The molecule has 2 rings (SSSR count). The fourth-order valence-corrected chi connectivity index (χ4v) is 2.82. The van der Waals surface area contributed by atoms with Gasteiger partial charge in [-0.05, 0) is 37.3 Å². The van der Waals surface area contributed by atoms with Crippen LogP contribution in [0.1, 0.15) is 38.2 Å². The van der Waals surface area contributed by atoms with Crippen molar-refractivity contribution in [2.75, 3.05) is 6.54 Å². The highest BCUT2D eigenvalue weighted by Gasteiger charge is 2.17. The van der Waals surface area contributed by atoms with Crippen molar-refractivity contribution >= 4 is 11.6 Å². The molecule has 0 aliphatic heterocycles. The van der Waals surface area contributed by atoms with Gasteiger partial charge in [0.05, 0.1) is 5.02 Å². The first-order valence-electron chi connectivity index (χ1n) is 6.80. The normalized spacial score (nSPS) is 24.2. The maximum absolute atomic E-state index is 13.6. The Hall–Kier alpha value is -0.600. The third kappa shape index (κ3) is 3.69. The van der Waals surface area contributed by atoms with Crippen molar-refractivity contribution in [1.82, 2.24) is 5.32 Å². The monoisotopic (exact) mass is 269 g/mol. The summed E-state index contributed by atoms with van der Waals surface area (Å²) >= 11 is 5.75. The smallest absolute Gasteiger partial charge is 0.146 e. The van der Waals surface area contributed by atoms with Gasteiger partial charge in [-0.15, -0.1) is 0 Å². The third-order valence-electron chi connectivity index (χ3n) is 3.92. The zero-order valence-corrected chi connectivity index (χ0v) is 11.6. The molecule has 1 saturated carbocycles. The van der Waals surface area contributed by atoms with Gasteiger partial charge in [-0.25, -0.2) is 4.39 Å². The van der Waals surface area contributed by atoms with E-state index in [2.05, 4.69) is 12.2 Å². The van der Waals surface area contributed by atoms with Gasteiger partial charge in [-0.3, -0.25) is 0 Å². The molecule has 1 aliphatic rings. The standard InChI is InChI=1S/C15H21ClFN/c1-11-5-7-12(8-6-11)9-18-10-13-3-2-4-14(16)15(13)17/h2-4,11-12,18H,5-10H2,1H3. The molecular formula is C15H21ClFN. The Kier molecular flexibility index (Phi) is 5.02. The van der Waals surface area contributed by atoms with Crippen LogP contribution in [0.4, 0.5) is 4.39 Å². The summed E-state index contributed by atoms with van der Waals surface area (Å²) in [5.74, 6) is 1.35. The van der Waals surface area contributed by atoms with Crippen LogP contribution in [0.5, 0.6) is 0 Å². The van der Waals surface area contributed by atoms with Gasteiger partial charge >= 0.3 is 0 Å². The average molecular weight is 270 g/mol. The second-order valence-electron chi connectivity index (χ2n) is 5.47. The lowest BCUT2D eigenvalue weighted by Gasteiger charge is -2.26. The Morgan fingerprint density at radius 1 is 1.28 bits per heavy atom. The molecule has 0 atom stereocenters. The Labute approximate surface area is 114 Å². The molecule has 0 aromatic heterocycles. The van der Waals surface area contributed by atoms with Crippen LogP contribution in [0, 0.1) is 17.7 Å². The summed E-state index contributed by atoms with van der Waals surface area (Å²) in [5.41, 5.74) is 0.659. The van der Waals surface area contributed by atoms with E-state index in [-0.39, 0.29) is 10.8 Å². The molecule has 0 heterocycles. The van der Waals surface area contributed by atoms with E-state index >= 15 is 0 Å². The minimum absolute atomic E-state index is 0.209. The number of hydrogen-bond acceptors (Lipinski definition) is 1. The summed E-state index contributed by atoms with van der Waals surface area (Å²) in [6.07, 6.45) is 5.26. The second kappa shape index (κ2) is 6.53. The van der Waals surface area contributed by atoms with E-state index in [1.54, 1.807) is 18.2 Å². The minimum atomic E-state index is -0.288. The molecule has 1 aliphatic carbocycles. The lowest BCUT2D eigenvalue weighted by Crippen LogP contribution is -2.26. The van der Waals surface area contributed by atoms with E-state index in [9.17, 15) is 4.39 Å². The summed E-state index contributed by atoms with van der Waals surface area (Å²) < 4.78 is 13.6. The van der Waals surface area contributed by atoms with E-state index in [0.717, 1.165) is 18.4 Å². The van der Waals surface area contributed by atoms with Crippen LogP contribution in [-0.2, 0) is 6.54 Å². The molecule has 1 aromatic rings. The van der Waals surface area contributed by atoms with E-state index in [1.807, 2.05) is 0 Å². The van der Waals surface area contributed by atoms with Crippen LogP contribution < -0.4 is 5.32 Å². The molecule has 0 unspecified atom stereocenters. The Morgan fingerprint density at radius 2 is 2.00 bits per heavy atom. The van der Waals surface area contributed by atoms with Crippen LogP contribution in [-0.4, -0.2) is 6.54 Å². The highest BCUT2D eigenvalue weighted by Crippen LogP contribution is 2.27. The lowest BCUT2D eigenvalue weighted by atomic mass is 9.83. The lowest BCUT2D eigenvalue weighted by molar-refractivity contribution is 0.281. The van der Waals surface area contributed by atoms with Crippen molar-refractivity contribution in [3.8, 4) is 0 Å². The Balaban J connectivity index is 1.77. The minimum Gasteiger partial charge on any atom is -0.312 e. The maximum atomic E-state index is 13.6. The predicted molar refractivity (Wildman–Crippen MR) is 74.2 cm³/mol. The van der Waals surface area contributed by atoms with Crippen molar-refractivity contribution in [1.29, 1.82) is 0 Å². The van der Waals surface area contributed by atoms with Crippen LogP contribution in [0.2, 0.25) is 5.02 Å². The van der Waals surface area contributed by atoms with Gasteiger partial charge in [0.1, 0.15) is 5.82 Å². The van der Waals surface area contributed by atoms with Crippen molar-refractivity contribution < 1.29 is 4.39 Å². The van der Waals surface area contributed by atoms with Gasteiger partial charge in [-0.2, -0.15) is 0 Å². The zero-order valence-electron chi connectivity index (χ0n) is 10.9. The van der Waals surface area contributed by atoms with Crippen molar-refractivity contribution in [2.24, 2.45) is 11.8 Å². The first-order chi connectivity index (χ1) is 8.66. The molecule has 0 amide bonds. The van der Waals surface area contributed by atoms with Gasteiger partial charge in [0.15, 0.2) is 0 Å². The summed E-state index contributed by atoms with van der Waals surface area (Å²) in [7, 11) is 0. The summed E-state index contributed by atoms with van der Waals surface area (Å²) in [6.45, 7) is 3.88. The van der Waals surface area contributed by atoms with Crippen molar-refractivity contribution in [3.63, 3.8) is 0 Å². The molecule has 1 N–H and O–H groups in total. The number of hydrogen-bond donors (Lipinski definition) is 1. The van der Waals surface area contributed by atoms with Gasteiger partial charge in [0.25, 0.3) is 0 Å². The van der Waals surface area contributed by atoms with E-state index < -0.39 is 0 Å². The van der Waals surface area contributed by atoms with Gasteiger partial charge in [0, 0.05) is 12.1 Å². The number of nitrogens with one attached hydrogen (secondary N) is 1. The highest BCUT2D eigenvalue weighted by atomic mass is 35.5. The van der Waals surface area contributed by atoms with Crippen LogP contribution in [0.25, 0.3) is 0 Å². The summed E-state index contributed by atoms with van der Waals surface area (Å²) in [5, 5.41) is 3.56. The fraction of sp³-hybridized carbons (Fsp3) is 0.600. The maximum Gasteiger partial charge on any atom is 0.146 e. The van der Waals surface area contributed by atoms with Gasteiger partial charge in [0.2, 0.25) is 0 Å². The van der Waals surface area contributed by atoms with E-state index in [0.29, 0.717) is 12.1 Å². The predicted octanol–water partition coefficient (Wildman–Crippen LogP) is 4.40. The van der Waals surface area contributed by atoms with Crippen LogP contribution >= 0.6 is 11.6 Å². The fourth-order valence-electron chi connectivity index (χ4n) is 2.63. The first-order valence-corrected chi connectivity index (χ1v) is 7.18. The quantitative estimate of drug-likeness (QED) is 0.855. The molecule has 18 heavy (non-hydrogen) atoms. The number of halogens is 2. The molecule has 1 fully saturated rings. The van der Waals surface area contributed by atoms with Crippen LogP contribution in [0.3, 0.4) is 0 Å². The molecule has 3 heteroatoms. The molecule has 1 nitrogen and oxygen atoms in total. The summed E-state index contributed by atoms with van der Waals surface area (Å²) in [4.78, 5) is 0. The molecule has 0 spiro atoms. The molecule has 0 radical (unpaired) electrons. The van der Waals surface area contributed by atoms with E-state index in [4.69, 9.17) is 11.6 Å². The highest BCUT2D eigenvalue weighted by molar-refractivity contribution is 6.30. The number of benzene rings is 1. The zero-order chi connectivity index (χ0) is 13.0. The van der Waals surface area contributed by atoms with E-state index in [1.165, 1.54) is 25.7 Å². The average Bonchev–Trinajstić information content (AvgIpc) is 2.37. The molecule has 0 saturated heterocycles. The van der Waals surface area contributed by atoms with Crippen molar-refractivity contribution in [2.45, 2.75) is 39.2 Å². The molecule has 0 bridgehead atoms. The molecule has 1 aromatic carbocycles. The first kappa shape index (κ1) is 13.8. The SMILES string of the molecule is CC1CCC(CNCc2cccc(Cl)c2F)CC1. The molecule has 100 valence electrons.